The van der Waals surface area contributed by atoms with Crippen LogP contribution in [0.15, 0.2) is 24.2 Å². The molecule has 2 rings (SSSR count). The van der Waals surface area contributed by atoms with Gasteiger partial charge >= 0.3 is 6.18 Å². The molecule has 0 aliphatic carbocycles. The van der Waals surface area contributed by atoms with Gasteiger partial charge in [0.15, 0.2) is 13.0 Å². The van der Waals surface area contributed by atoms with Gasteiger partial charge < -0.3 is 0 Å². The molecule has 6 heteroatoms. The van der Waals surface area contributed by atoms with Crippen molar-refractivity contribution < 1.29 is 13.2 Å². The van der Waals surface area contributed by atoms with Crippen LogP contribution in [0.1, 0.15) is 11.4 Å². The van der Waals surface area contributed by atoms with Crippen molar-refractivity contribution in [3.05, 3.63) is 35.6 Å². The van der Waals surface area contributed by atoms with Crippen LogP contribution in [0, 0.1) is 0 Å². The monoisotopic (exact) mass is 211 g/mol. The summed E-state index contributed by atoms with van der Waals surface area (Å²) >= 11 is 0. The lowest BCUT2D eigenvalue weighted by Gasteiger charge is -1.99. The number of aromatic nitrogens is 2. The van der Waals surface area contributed by atoms with Gasteiger partial charge in [0.1, 0.15) is 0 Å². The maximum absolute atomic E-state index is 12.3. The summed E-state index contributed by atoms with van der Waals surface area (Å²) < 4.78 is 38.3. The van der Waals surface area contributed by atoms with Crippen LogP contribution in [0.2, 0.25) is 0 Å². The molecule has 2 nitrogen and oxygen atoms in total. The first-order valence-electron chi connectivity index (χ1n) is 4.32. The fourth-order valence-electron chi connectivity index (χ4n) is 1.42. The Bertz CT molecular complexity index is 443. The van der Waals surface area contributed by atoms with Crippen LogP contribution < -0.4 is 0 Å². The molecule has 15 heavy (non-hydrogen) atoms. The first-order chi connectivity index (χ1) is 6.98. The predicted octanol–water partition coefficient (Wildman–Crippen LogP) is 2.01. The summed E-state index contributed by atoms with van der Waals surface area (Å²) in [7, 11) is 3.24. The Morgan fingerprint density at radius 3 is 2.60 bits per heavy atom. The summed E-state index contributed by atoms with van der Waals surface area (Å²) in [6, 6.07) is 1.05. The molecule has 0 spiro atoms. The second kappa shape index (κ2) is 3.29. The lowest BCUT2D eigenvalue weighted by Crippen LogP contribution is -2.06. The van der Waals surface area contributed by atoms with Crippen LogP contribution >= 0.6 is 0 Å². The highest BCUT2D eigenvalue weighted by Gasteiger charge is 2.34. The minimum atomic E-state index is -4.39. The molecule has 1 radical (unpaired) electrons. The van der Waals surface area contributed by atoms with E-state index in [9.17, 15) is 13.2 Å². The Morgan fingerprint density at radius 2 is 2.13 bits per heavy atom. The fourth-order valence-corrected chi connectivity index (χ4v) is 1.42. The number of allylic oxidation sites excluding steroid dienone is 2. The number of alkyl halides is 3. The van der Waals surface area contributed by atoms with Crippen molar-refractivity contribution in [1.82, 2.24) is 9.78 Å². The van der Waals surface area contributed by atoms with Crippen LogP contribution in [-0.2, 0) is 13.2 Å². The second-order valence-electron chi connectivity index (χ2n) is 3.21. The summed E-state index contributed by atoms with van der Waals surface area (Å²) in [6.45, 7) is 0. The van der Waals surface area contributed by atoms with Gasteiger partial charge in [0.05, 0.1) is 5.69 Å². The Morgan fingerprint density at radius 1 is 1.40 bits per heavy atom. The van der Waals surface area contributed by atoms with Crippen molar-refractivity contribution in [1.29, 1.82) is 0 Å². The molecule has 1 aliphatic heterocycles. The van der Waals surface area contributed by atoms with Gasteiger partial charge in [-0.3, -0.25) is 4.68 Å². The number of hydrogen-bond acceptors (Lipinski definition) is 1. The molecular weight excluding hydrogens is 204 g/mol. The zero-order valence-electron chi connectivity index (χ0n) is 7.92. The number of halogens is 3. The van der Waals surface area contributed by atoms with E-state index in [1.807, 2.05) is 0 Å². The molecule has 0 fully saturated rings. The average Bonchev–Trinajstić information content (AvgIpc) is 2.69. The van der Waals surface area contributed by atoms with E-state index in [4.69, 9.17) is 0 Å². The molecule has 0 amide bonds. The highest BCUT2D eigenvalue weighted by Crippen LogP contribution is 2.30. The largest absolute Gasteiger partial charge is 0.435 e. The molecule has 0 saturated heterocycles. The van der Waals surface area contributed by atoms with Gasteiger partial charge in [-0.2, -0.15) is 18.3 Å². The SMILES string of the molecule is Cn1nc(C(F)(F)F)cc1C1=CC=C[B]1. The normalized spacial score (nSPS) is 15.3. The first kappa shape index (κ1) is 10.1. The third-order valence-corrected chi connectivity index (χ3v) is 2.13. The lowest BCUT2D eigenvalue weighted by atomic mass is 9.71. The van der Waals surface area contributed by atoms with Crippen molar-refractivity contribution in [3.63, 3.8) is 0 Å². The van der Waals surface area contributed by atoms with E-state index in [0.717, 1.165) is 11.5 Å². The van der Waals surface area contributed by atoms with E-state index in [-0.39, 0.29) is 0 Å². The minimum Gasteiger partial charge on any atom is -0.269 e. The van der Waals surface area contributed by atoms with Crippen LogP contribution in [-0.4, -0.2) is 17.1 Å². The Kier molecular flexibility index (Phi) is 2.21. The maximum Gasteiger partial charge on any atom is 0.435 e. The molecule has 0 saturated carbocycles. The standard InChI is InChI=1S/C9H7BF3N2/c1-15-7(6-3-2-4-10-6)5-8(14-15)9(11,12)13/h2-5H,1H3. The first-order valence-corrected chi connectivity index (χ1v) is 4.32. The lowest BCUT2D eigenvalue weighted by molar-refractivity contribution is -0.141. The van der Waals surface area contributed by atoms with Crippen molar-refractivity contribution in [3.8, 4) is 0 Å². The third kappa shape index (κ3) is 1.84. The summed E-state index contributed by atoms with van der Waals surface area (Å²) in [5, 5.41) is 3.43. The van der Waals surface area contributed by atoms with Gasteiger partial charge in [0.2, 0.25) is 0 Å². The van der Waals surface area contributed by atoms with E-state index >= 15 is 0 Å². The Labute approximate surface area is 85.3 Å². The molecule has 1 aromatic rings. The average molecular weight is 211 g/mol. The summed E-state index contributed by atoms with van der Waals surface area (Å²) in [6.07, 6.45) is -0.866. The van der Waals surface area contributed by atoms with Crippen LogP contribution in [0.5, 0.6) is 0 Å². The predicted molar refractivity (Wildman–Crippen MR) is 51.1 cm³/mol. The topological polar surface area (TPSA) is 17.8 Å². The van der Waals surface area contributed by atoms with Crippen molar-refractivity contribution >= 4 is 12.8 Å². The van der Waals surface area contributed by atoms with Gasteiger partial charge in [0, 0.05) is 7.05 Å². The number of nitrogens with zero attached hydrogens (tertiary/aromatic N) is 2. The maximum atomic E-state index is 12.3. The molecule has 1 aromatic heterocycles. The van der Waals surface area contributed by atoms with Crippen LogP contribution in [0.4, 0.5) is 13.2 Å². The molecule has 77 valence electrons. The van der Waals surface area contributed by atoms with Crippen molar-refractivity contribution in [2.75, 3.05) is 0 Å². The molecule has 0 atom stereocenters. The van der Waals surface area contributed by atoms with E-state index in [1.165, 1.54) is 11.7 Å². The van der Waals surface area contributed by atoms with E-state index < -0.39 is 11.9 Å². The van der Waals surface area contributed by atoms with E-state index in [0.29, 0.717) is 5.69 Å². The minimum absolute atomic E-state index is 0.465. The highest BCUT2D eigenvalue weighted by molar-refractivity contribution is 6.66. The van der Waals surface area contributed by atoms with Crippen molar-refractivity contribution in [2.45, 2.75) is 6.18 Å². The van der Waals surface area contributed by atoms with Gasteiger partial charge in [-0.15, -0.1) is 5.98 Å². The zero-order valence-corrected chi connectivity index (χ0v) is 7.92. The summed E-state index contributed by atoms with van der Waals surface area (Å²) in [4.78, 5) is 0. The highest BCUT2D eigenvalue weighted by atomic mass is 19.4. The van der Waals surface area contributed by atoms with Gasteiger partial charge in [-0.05, 0) is 6.07 Å². The zero-order chi connectivity index (χ0) is 11.1. The molecule has 2 heterocycles. The summed E-state index contributed by atoms with van der Waals surface area (Å²) in [5.41, 5.74) is 0.342. The van der Waals surface area contributed by atoms with Crippen molar-refractivity contribution in [2.24, 2.45) is 7.05 Å². The smallest absolute Gasteiger partial charge is 0.269 e. The molecule has 0 unspecified atom stereocenters. The van der Waals surface area contributed by atoms with Crippen LogP contribution in [0.25, 0.3) is 5.47 Å². The second-order valence-corrected chi connectivity index (χ2v) is 3.21. The number of aryl methyl sites for hydroxylation is 1. The van der Waals surface area contributed by atoms with Crippen LogP contribution in [0.3, 0.4) is 0 Å². The van der Waals surface area contributed by atoms with E-state index in [2.05, 4.69) is 5.10 Å². The number of rotatable bonds is 1. The Hall–Kier alpha value is -1.46. The molecule has 1 aliphatic rings. The quantitative estimate of drug-likeness (QED) is 0.649. The fraction of sp³-hybridized carbons (Fsp3) is 0.222. The Balaban J connectivity index is 2.38. The van der Waals surface area contributed by atoms with Gasteiger partial charge in [-0.1, -0.05) is 17.6 Å². The number of hydrogen-bond donors (Lipinski definition) is 0. The molecular formula is C9H7BF3N2. The van der Waals surface area contributed by atoms with Gasteiger partial charge in [0.25, 0.3) is 0 Å². The third-order valence-electron chi connectivity index (χ3n) is 2.13. The molecule has 0 bridgehead atoms. The van der Waals surface area contributed by atoms with E-state index in [1.54, 1.807) is 25.4 Å². The summed E-state index contributed by atoms with van der Waals surface area (Å²) in [5.74, 6) is 1.77. The molecule has 0 N–H and O–H groups in total. The molecule has 0 aromatic carbocycles. The van der Waals surface area contributed by atoms with Gasteiger partial charge in [-0.25, -0.2) is 0 Å².